The lowest BCUT2D eigenvalue weighted by Crippen LogP contribution is -2.57. The summed E-state index contributed by atoms with van der Waals surface area (Å²) in [6, 6.07) is 0. The fraction of sp³-hybridized carbons (Fsp3) is 0.762. The van der Waals surface area contributed by atoms with E-state index in [9.17, 15) is 0 Å². The summed E-state index contributed by atoms with van der Waals surface area (Å²) in [5.41, 5.74) is 6.67. The zero-order valence-corrected chi connectivity index (χ0v) is 20.6. The lowest BCUT2D eigenvalue weighted by molar-refractivity contribution is -0.181. The monoisotopic (exact) mass is 462 g/mol. The highest BCUT2D eigenvalue weighted by atomic mass is 28.4. The van der Waals surface area contributed by atoms with Crippen LogP contribution in [-0.4, -0.2) is 90.0 Å². The second-order valence-electron chi connectivity index (χ2n) is 10.6. The number of nitrogen functional groups attached to an aromatic ring is 1. The molecule has 0 aromatic carbocycles. The Bertz CT molecular complexity index is 988. The molecule has 1 unspecified atom stereocenters. The van der Waals surface area contributed by atoms with Gasteiger partial charge in [0.1, 0.15) is 29.7 Å². The number of rotatable bonds is 5. The molecule has 11 heteroatoms. The molecule has 10 nitrogen and oxygen atoms in total. The predicted octanol–water partition coefficient (Wildman–Crippen LogP) is 1.80. The molecule has 5 heterocycles. The summed E-state index contributed by atoms with van der Waals surface area (Å²) in [6.07, 6.45) is 2.36. The molecule has 0 spiro atoms. The molecular formula is C21H34N6O4Si. The topological polar surface area (TPSA) is 110 Å². The summed E-state index contributed by atoms with van der Waals surface area (Å²) < 4.78 is 27.7. The summed E-state index contributed by atoms with van der Waals surface area (Å²) in [5, 5.41) is 0.0774. The van der Waals surface area contributed by atoms with Crippen LogP contribution in [0.1, 0.15) is 27.0 Å². The van der Waals surface area contributed by atoms with Crippen molar-refractivity contribution in [3.63, 3.8) is 0 Å². The Hall–Kier alpha value is -1.63. The molecule has 2 aromatic heterocycles. The van der Waals surface area contributed by atoms with E-state index in [1.807, 2.05) is 4.57 Å². The van der Waals surface area contributed by atoms with Crippen LogP contribution in [0.2, 0.25) is 18.1 Å². The molecule has 3 saturated heterocycles. The molecule has 0 radical (unpaired) electrons. The first-order valence-electron chi connectivity index (χ1n) is 11.3. The minimum Gasteiger partial charge on any atom is -0.408 e. The summed E-state index contributed by atoms with van der Waals surface area (Å²) >= 11 is 0. The third-order valence-electron chi connectivity index (χ3n) is 7.46. The van der Waals surface area contributed by atoms with Gasteiger partial charge in [0.2, 0.25) is 0 Å². The average Bonchev–Trinajstić information content (AvgIpc) is 3.38. The van der Waals surface area contributed by atoms with Crippen molar-refractivity contribution in [3.05, 3.63) is 12.7 Å². The SMILES string of the molecule is CC(C)(C)[Si](C)(C)OC1[C@@H]2OC[C@]1(CN1CCOCC1)O[C@H]2n1cnc2c(N)ncnc21. The van der Waals surface area contributed by atoms with E-state index in [4.69, 9.17) is 24.4 Å². The molecule has 2 N–H and O–H groups in total. The van der Waals surface area contributed by atoms with Crippen LogP contribution >= 0.6 is 0 Å². The van der Waals surface area contributed by atoms with Crippen LogP contribution in [0.15, 0.2) is 12.7 Å². The lowest BCUT2D eigenvalue weighted by atomic mass is 9.98. The number of morpholine rings is 1. The molecule has 3 aliphatic heterocycles. The second-order valence-corrected chi connectivity index (χ2v) is 15.4. The van der Waals surface area contributed by atoms with Gasteiger partial charge in [-0.15, -0.1) is 0 Å². The normalized spacial score (nSPS) is 31.6. The summed E-state index contributed by atoms with van der Waals surface area (Å²) in [6.45, 7) is 15.8. The number of hydrogen-bond donors (Lipinski definition) is 1. The average molecular weight is 463 g/mol. The van der Waals surface area contributed by atoms with Gasteiger partial charge < -0.3 is 24.4 Å². The van der Waals surface area contributed by atoms with Crippen molar-refractivity contribution in [2.24, 2.45) is 0 Å². The Morgan fingerprint density at radius 1 is 1.22 bits per heavy atom. The van der Waals surface area contributed by atoms with Crippen LogP contribution in [0.4, 0.5) is 5.82 Å². The number of hydrogen-bond acceptors (Lipinski definition) is 9. The van der Waals surface area contributed by atoms with Crippen molar-refractivity contribution in [1.29, 1.82) is 0 Å². The van der Waals surface area contributed by atoms with E-state index in [0.29, 0.717) is 23.6 Å². The highest BCUT2D eigenvalue weighted by Crippen LogP contribution is 2.50. The van der Waals surface area contributed by atoms with Crippen molar-refractivity contribution >= 4 is 25.3 Å². The number of imidazole rings is 1. The van der Waals surface area contributed by atoms with Gasteiger partial charge >= 0.3 is 0 Å². The third kappa shape index (κ3) is 3.55. The van der Waals surface area contributed by atoms with E-state index in [0.717, 1.165) is 32.8 Å². The van der Waals surface area contributed by atoms with E-state index in [-0.39, 0.29) is 23.5 Å². The van der Waals surface area contributed by atoms with E-state index in [2.05, 4.69) is 53.7 Å². The fourth-order valence-electron chi connectivity index (χ4n) is 4.60. The third-order valence-corrected chi connectivity index (χ3v) is 11.9. The number of fused-ring (bicyclic) bond motifs is 3. The predicted molar refractivity (Wildman–Crippen MR) is 122 cm³/mol. The first-order valence-corrected chi connectivity index (χ1v) is 14.2. The zero-order chi connectivity index (χ0) is 22.7. The van der Waals surface area contributed by atoms with Crippen LogP contribution in [-0.2, 0) is 18.6 Å². The van der Waals surface area contributed by atoms with E-state index >= 15 is 0 Å². The Morgan fingerprint density at radius 3 is 2.69 bits per heavy atom. The Labute approximate surface area is 189 Å². The number of nitrogens with two attached hydrogens (primary N) is 1. The first kappa shape index (κ1) is 22.2. The summed E-state index contributed by atoms with van der Waals surface area (Å²) in [7, 11) is -2.08. The Kier molecular flexibility index (Phi) is 5.34. The molecule has 4 atom stereocenters. The largest absolute Gasteiger partial charge is 0.408 e. The molecule has 32 heavy (non-hydrogen) atoms. The molecule has 0 amide bonds. The van der Waals surface area contributed by atoms with Crippen molar-refractivity contribution in [2.45, 2.75) is 62.9 Å². The van der Waals surface area contributed by atoms with Gasteiger partial charge in [-0.05, 0) is 18.1 Å². The van der Waals surface area contributed by atoms with E-state index in [1.54, 1.807) is 6.33 Å². The van der Waals surface area contributed by atoms with Crippen LogP contribution in [0.5, 0.6) is 0 Å². The highest BCUT2D eigenvalue weighted by molar-refractivity contribution is 6.74. The van der Waals surface area contributed by atoms with Gasteiger partial charge in [-0.25, -0.2) is 15.0 Å². The molecular weight excluding hydrogens is 428 g/mol. The minimum absolute atomic E-state index is 0.0774. The van der Waals surface area contributed by atoms with Gasteiger partial charge in [0.25, 0.3) is 0 Å². The second kappa shape index (κ2) is 7.71. The van der Waals surface area contributed by atoms with Crippen molar-refractivity contribution < 1.29 is 18.6 Å². The minimum atomic E-state index is -2.08. The van der Waals surface area contributed by atoms with Crippen LogP contribution in [0.3, 0.4) is 0 Å². The molecule has 2 bridgehead atoms. The van der Waals surface area contributed by atoms with Gasteiger partial charge in [-0.3, -0.25) is 9.47 Å². The molecule has 0 aliphatic carbocycles. The molecule has 0 saturated carbocycles. The highest BCUT2D eigenvalue weighted by Gasteiger charge is 2.65. The standard InChI is InChI=1S/C21H34N6O4Si/c1-20(2,3)32(4,5)31-16-15-19(27-13-25-14-17(22)23-12-24-18(14)27)30-21(16,11-29-15)10-26-6-8-28-9-7-26/h12-13,15-16,19H,6-11H2,1-5H3,(H2,22,23,24)/t15-,16?,19+,21-/m0/s1. The molecule has 176 valence electrons. The maximum absolute atomic E-state index is 7.00. The quantitative estimate of drug-likeness (QED) is 0.665. The molecule has 2 aromatic rings. The number of nitrogens with zero attached hydrogens (tertiary/aromatic N) is 5. The number of ether oxygens (including phenoxy) is 3. The van der Waals surface area contributed by atoms with E-state index < -0.39 is 13.9 Å². The van der Waals surface area contributed by atoms with Gasteiger partial charge in [0, 0.05) is 19.6 Å². The molecule has 3 fully saturated rings. The maximum Gasteiger partial charge on any atom is 0.192 e. The lowest BCUT2D eigenvalue weighted by Gasteiger charge is -2.42. The van der Waals surface area contributed by atoms with Crippen LogP contribution in [0.25, 0.3) is 11.2 Å². The zero-order valence-electron chi connectivity index (χ0n) is 19.6. The van der Waals surface area contributed by atoms with Crippen LogP contribution < -0.4 is 5.73 Å². The molecule has 3 aliphatic rings. The first-order chi connectivity index (χ1) is 15.1. The van der Waals surface area contributed by atoms with Gasteiger partial charge in [0.05, 0.1) is 26.1 Å². The Morgan fingerprint density at radius 2 is 1.97 bits per heavy atom. The van der Waals surface area contributed by atoms with Gasteiger partial charge in [0.15, 0.2) is 26.0 Å². The summed E-state index contributed by atoms with van der Waals surface area (Å²) in [4.78, 5) is 15.3. The van der Waals surface area contributed by atoms with Gasteiger partial charge in [-0.1, -0.05) is 20.8 Å². The van der Waals surface area contributed by atoms with Crippen LogP contribution in [0, 0.1) is 0 Å². The molecule has 5 rings (SSSR count). The summed E-state index contributed by atoms with van der Waals surface area (Å²) in [5.74, 6) is 0.356. The maximum atomic E-state index is 7.00. The smallest absolute Gasteiger partial charge is 0.192 e. The van der Waals surface area contributed by atoms with Gasteiger partial charge in [-0.2, -0.15) is 0 Å². The van der Waals surface area contributed by atoms with E-state index in [1.165, 1.54) is 6.33 Å². The van der Waals surface area contributed by atoms with Crippen molar-refractivity contribution in [3.8, 4) is 0 Å². The fourth-order valence-corrected chi connectivity index (χ4v) is 5.93. The van der Waals surface area contributed by atoms with Crippen molar-refractivity contribution in [1.82, 2.24) is 24.4 Å². The van der Waals surface area contributed by atoms with Crippen molar-refractivity contribution in [2.75, 3.05) is 45.2 Å². The number of aromatic nitrogens is 4. The Balaban J connectivity index is 1.51. The number of anilines is 1.